The van der Waals surface area contributed by atoms with Crippen LogP contribution in [0.5, 0.6) is 0 Å². The number of alkyl halides is 3. The number of fused-ring (bicyclic) bond motifs is 1. The summed E-state index contributed by atoms with van der Waals surface area (Å²) in [5.74, 6) is 0.782. The smallest absolute Gasteiger partial charge is 0.334 e. The molecule has 0 aliphatic rings. The Labute approximate surface area is 216 Å². The fourth-order valence-electron chi connectivity index (χ4n) is 4.64. The molecule has 4 aromatic carbocycles. The van der Waals surface area contributed by atoms with Crippen molar-refractivity contribution in [1.29, 1.82) is 0 Å². The van der Waals surface area contributed by atoms with Gasteiger partial charge in [0.1, 0.15) is 0 Å². The van der Waals surface area contributed by atoms with Crippen molar-refractivity contribution in [3.63, 3.8) is 0 Å². The molecule has 2 heterocycles. The van der Waals surface area contributed by atoms with Crippen molar-refractivity contribution in [2.24, 2.45) is 0 Å². The van der Waals surface area contributed by atoms with E-state index in [-0.39, 0.29) is 5.52 Å². The van der Waals surface area contributed by atoms with Gasteiger partial charge in [-0.05, 0) is 46.9 Å². The Kier molecular flexibility index (Phi) is 5.96. The van der Waals surface area contributed by atoms with Crippen LogP contribution < -0.4 is 0 Å². The van der Waals surface area contributed by atoms with E-state index in [4.69, 9.17) is 4.52 Å². The molecule has 0 fully saturated rings. The Morgan fingerprint density at radius 1 is 0.711 bits per heavy atom. The minimum absolute atomic E-state index is 0.0821. The van der Waals surface area contributed by atoms with E-state index in [0.717, 1.165) is 28.3 Å². The van der Waals surface area contributed by atoms with Crippen molar-refractivity contribution >= 4 is 10.9 Å². The highest BCUT2D eigenvalue weighted by atomic mass is 19.4. The SMILES string of the molecule is FC(F)(F)c1cccc2c(-c3cccc(-c4nc(-c5ccccc5)no4)c3)c(Cc3ccccc3)cnc12. The van der Waals surface area contributed by atoms with E-state index < -0.39 is 11.7 Å². The van der Waals surface area contributed by atoms with Crippen LogP contribution in [-0.4, -0.2) is 15.1 Å². The van der Waals surface area contributed by atoms with Crippen LogP contribution >= 0.6 is 0 Å². The molecule has 186 valence electrons. The van der Waals surface area contributed by atoms with E-state index in [2.05, 4.69) is 15.1 Å². The maximum atomic E-state index is 13.9. The molecule has 0 aliphatic heterocycles. The Hall–Kier alpha value is -4.78. The first-order valence-corrected chi connectivity index (χ1v) is 12.0. The number of nitrogens with zero attached hydrogens (tertiary/aromatic N) is 3. The minimum Gasteiger partial charge on any atom is -0.334 e. The van der Waals surface area contributed by atoms with E-state index in [1.54, 1.807) is 12.3 Å². The normalized spacial score (nSPS) is 11.7. The molecule has 0 saturated carbocycles. The van der Waals surface area contributed by atoms with Crippen LogP contribution in [0.2, 0.25) is 0 Å². The molecule has 0 unspecified atom stereocenters. The summed E-state index contributed by atoms with van der Waals surface area (Å²) in [5, 5.41) is 4.54. The van der Waals surface area contributed by atoms with Crippen LogP contribution in [0.1, 0.15) is 16.7 Å². The predicted molar refractivity (Wildman–Crippen MR) is 140 cm³/mol. The molecule has 0 amide bonds. The Bertz CT molecular complexity index is 1730. The van der Waals surface area contributed by atoms with Gasteiger partial charge in [0.05, 0.1) is 11.1 Å². The second-order valence-electron chi connectivity index (χ2n) is 8.89. The van der Waals surface area contributed by atoms with E-state index in [1.807, 2.05) is 84.9 Å². The zero-order valence-electron chi connectivity index (χ0n) is 20.0. The summed E-state index contributed by atoms with van der Waals surface area (Å²) >= 11 is 0. The van der Waals surface area contributed by atoms with E-state index in [0.29, 0.717) is 34.6 Å². The van der Waals surface area contributed by atoms with Crippen molar-refractivity contribution in [3.8, 4) is 34.0 Å². The van der Waals surface area contributed by atoms with Gasteiger partial charge in [-0.15, -0.1) is 0 Å². The molecule has 0 radical (unpaired) electrons. The molecule has 0 aliphatic carbocycles. The lowest BCUT2D eigenvalue weighted by molar-refractivity contribution is -0.136. The molecule has 4 nitrogen and oxygen atoms in total. The standard InChI is InChI=1S/C31H20F3N3O/c32-31(33,34)26-16-8-15-25-27(24(19-35-28(25)26)17-20-9-3-1-4-10-20)22-13-7-14-23(18-22)30-36-29(37-38-30)21-11-5-2-6-12-21/h1-16,18-19H,17H2. The Morgan fingerprint density at radius 2 is 1.39 bits per heavy atom. The summed E-state index contributed by atoms with van der Waals surface area (Å²) in [6.07, 6.45) is -2.46. The van der Waals surface area contributed by atoms with Gasteiger partial charge in [0, 0.05) is 22.7 Å². The fraction of sp³-hybridized carbons (Fsp3) is 0.0645. The number of hydrogen-bond donors (Lipinski definition) is 0. The number of halogens is 3. The second-order valence-corrected chi connectivity index (χ2v) is 8.89. The van der Waals surface area contributed by atoms with Gasteiger partial charge in [0.25, 0.3) is 5.89 Å². The number of para-hydroxylation sites is 1. The molecule has 0 atom stereocenters. The molecule has 6 aromatic rings. The number of aromatic nitrogens is 3. The van der Waals surface area contributed by atoms with Crippen LogP contribution in [0.3, 0.4) is 0 Å². The molecule has 38 heavy (non-hydrogen) atoms. The first-order valence-electron chi connectivity index (χ1n) is 12.0. The van der Waals surface area contributed by atoms with Crippen molar-refractivity contribution in [1.82, 2.24) is 15.1 Å². The molecule has 0 saturated heterocycles. The molecular weight excluding hydrogens is 487 g/mol. The molecule has 2 aromatic heterocycles. The Morgan fingerprint density at radius 3 is 2.16 bits per heavy atom. The average molecular weight is 508 g/mol. The molecule has 0 N–H and O–H groups in total. The summed E-state index contributed by atoms with van der Waals surface area (Å²) in [6, 6.07) is 30.8. The van der Waals surface area contributed by atoms with Gasteiger partial charge in [0.15, 0.2) is 0 Å². The third-order valence-corrected chi connectivity index (χ3v) is 6.37. The third-order valence-electron chi connectivity index (χ3n) is 6.37. The van der Waals surface area contributed by atoms with Gasteiger partial charge in [-0.25, -0.2) is 0 Å². The predicted octanol–water partition coefficient (Wildman–Crippen LogP) is 8.23. The fourth-order valence-corrected chi connectivity index (χ4v) is 4.64. The summed E-state index contributed by atoms with van der Waals surface area (Å²) in [7, 11) is 0. The number of hydrogen-bond acceptors (Lipinski definition) is 4. The lowest BCUT2D eigenvalue weighted by atomic mass is 9.91. The second kappa shape index (κ2) is 9.59. The first-order chi connectivity index (χ1) is 18.5. The van der Waals surface area contributed by atoms with Crippen molar-refractivity contribution in [2.45, 2.75) is 12.6 Å². The quantitative estimate of drug-likeness (QED) is 0.236. The third kappa shape index (κ3) is 4.54. The maximum Gasteiger partial charge on any atom is 0.418 e. The van der Waals surface area contributed by atoms with Gasteiger partial charge in [-0.3, -0.25) is 4.98 Å². The molecular formula is C31H20F3N3O. The topological polar surface area (TPSA) is 51.8 Å². The zero-order valence-corrected chi connectivity index (χ0v) is 20.0. The number of benzene rings is 4. The zero-order chi connectivity index (χ0) is 26.1. The summed E-state index contributed by atoms with van der Waals surface area (Å²) in [4.78, 5) is 8.83. The van der Waals surface area contributed by atoms with Crippen LogP contribution in [-0.2, 0) is 12.6 Å². The van der Waals surface area contributed by atoms with Gasteiger partial charge < -0.3 is 4.52 Å². The highest BCUT2D eigenvalue weighted by Gasteiger charge is 2.33. The van der Waals surface area contributed by atoms with E-state index in [9.17, 15) is 13.2 Å². The van der Waals surface area contributed by atoms with Crippen LogP contribution in [0.25, 0.3) is 44.9 Å². The first kappa shape index (κ1) is 23.6. The van der Waals surface area contributed by atoms with Crippen molar-refractivity contribution in [2.75, 3.05) is 0 Å². The van der Waals surface area contributed by atoms with Crippen molar-refractivity contribution < 1.29 is 17.7 Å². The monoisotopic (exact) mass is 507 g/mol. The van der Waals surface area contributed by atoms with Crippen LogP contribution in [0.4, 0.5) is 13.2 Å². The van der Waals surface area contributed by atoms with Crippen LogP contribution in [0.15, 0.2) is 114 Å². The van der Waals surface area contributed by atoms with Gasteiger partial charge in [-0.1, -0.05) is 90.1 Å². The van der Waals surface area contributed by atoms with Crippen molar-refractivity contribution in [3.05, 3.63) is 126 Å². The average Bonchev–Trinajstić information content (AvgIpc) is 3.44. The van der Waals surface area contributed by atoms with Crippen LogP contribution in [0, 0.1) is 0 Å². The molecule has 0 bridgehead atoms. The highest BCUT2D eigenvalue weighted by Crippen LogP contribution is 2.39. The molecule has 7 heteroatoms. The molecule has 6 rings (SSSR count). The van der Waals surface area contributed by atoms with E-state index in [1.165, 1.54) is 6.07 Å². The van der Waals surface area contributed by atoms with E-state index >= 15 is 0 Å². The lowest BCUT2D eigenvalue weighted by Crippen LogP contribution is -2.07. The van der Waals surface area contributed by atoms with Gasteiger partial charge >= 0.3 is 6.18 Å². The summed E-state index contributed by atoms with van der Waals surface area (Å²) in [6.45, 7) is 0. The number of rotatable bonds is 5. The summed E-state index contributed by atoms with van der Waals surface area (Å²) < 4.78 is 47.1. The molecule has 0 spiro atoms. The minimum atomic E-state index is -4.52. The van der Waals surface area contributed by atoms with Gasteiger partial charge in [0.2, 0.25) is 5.82 Å². The largest absolute Gasteiger partial charge is 0.418 e. The maximum absolute atomic E-state index is 13.9. The highest BCUT2D eigenvalue weighted by molar-refractivity contribution is 5.98. The lowest BCUT2D eigenvalue weighted by Gasteiger charge is -2.16. The van der Waals surface area contributed by atoms with Gasteiger partial charge in [-0.2, -0.15) is 18.2 Å². The number of pyridine rings is 1. The Balaban J connectivity index is 1.51. The summed E-state index contributed by atoms with van der Waals surface area (Å²) in [5.41, 5.74) is 3.92.